The summed E-state index contributed by atoms with van der Waals surface area (Å²) >= 11 is 0. The van der Waals surface area contributed by atoms with Gasteiger partial charge >= 0.3 is 0 Å². The number of hydrogen-bond acceptors (Lipinski definition) is 11. The zero-order valence-electron chi connectivity index (χ0n) is 20.8. The van der Waals surface area contributed by atoms with E-state index in [2.05, 4.69) is 25.6 Å². The Morgan fingerprint density at radius 2 is 1.79 bits per heavy atom. The van der Waals surface area contributed by atoms with Gasteiger partial charge in [0.15, 0.2) is 29.0 Å². The van der Waals surface area contributed by atoms with Gasteiger partial charge in [-0.25, -0.2) is 15.0 Å². The predicted octanol–water partition coefficient (Wildman–Crippen LogP) is 0.359. The molecule has 0 radical (unpaired) electrons. The van der Waals surface area contributed by atoms with Crippen LogP contribution in [0.15, 0.2) is 35.5 Å². The van der Waals surface area contributed by atoms with Gasteiger partial charge in [-0.1, -0.05) is 19.3 Å². The normalized spacial score (nSPS) is 24.2. The van der Waals surface area contributed by atoms with Gasteiger partial charge in [0.1, 0.15) is 18.3 Å². The zero-order chi connectivity index (χ0) is 27.7. The quantitative estimate of drug-likeness (QED) is 0.206. The van der Waals surface area contributed by atoms with Crippen LogP contribution in [0.5, 0.6) is 0 Å². The van der Waals surface area contributed by atoms with Gasteiger partial charge in [-0.05, 0) is 37.1 Å². The number of ether oxygens (including phenoxy) is 1. The van der Waals surface area contributed by atoms with Crippen LogP contribution in [-0.2, 0) is 21.4 Å². The molecule has 3 heterocycles. The van der Waals surface area contributed by atoms with Crippen molar-refractivity contribution in [1.82, 2.24) is 24.8 Å². The molecule has 0 spiro atoms. The first-order chi connectivity index (χ1) is 18.7. The third-order valence-corrected chi connectivity index (χ3v) is 7.89. The van der Waals surface area contributed by atoms with E-state index in [9.17, 15) is 28.5 Å². The van der Waals surface area contributed by atoms with Gasteiger partial charge in [0.2, 0.25) is 0 Å². The molecule has 14 nitrogen and oxygen atoms in total. The molecular weight excluding hydrogens is 532 g/mol. The van der Waals surface area contributed by atoms with Gasteiger partial charge in [0.25, 0.3) is 16.0 Å². The second-order valence-corrected chi connectivity index (χ2v) is 11.1. The third-order valence-electron chi connectivity index (χ3n) is 7.03. The lowest BCUT2D eigenvalue weighted by atomic mass is 9.95. The van der Waals surface area contributed by atoms with Crippen molar-refractivity contribution in [3.8, 4) is 0 Å². The Labute approximate surface area is 223 Å². The minimum Gasteiger partial charge on any atom is -0.394 e. The number of aliphatic hydroxyl groups excluding tert-OH is 3. The number of benzene rings is 1. The highest BCUT2D eigenvalue weighted by Gasteiger charge is 2.44. The van der Waals surface area contributed by atoms with E-state index in [1.807, 2.05) is 0 Å². The number of anilines is 1. The Hall–Kier alpha value is -3.21. The summed E-state index contributed by atoms with van der Waals surface area (Å²) in [4.78, 5) is 25.9. The van der Waals surface area contributed by atoms with E-state index in [1.165, 1.54) is 29.4 Å². The van der Waals surface area contributed by atoms with Crippen molar-refractivity contribution >= 4 is 33.0 Å². The molecule has 1 amide bonds. The fourth-order valence-electron chi connectivity index (χ4n) is 4.92. The van der Waals surface area contributed by atoms with E-state index in [1.54, 1.807) is 0 Å². The average molecular weight is 563 g/mol. The largest absolute Gasteiger partial charge is 0.394 e. The van der Waals surface area contributed by atoms with E-state index in [-0.39, 0.29) is 28.9 Å². The van der Waals surface area contributed by atoms with E-state index >= 15 is 0 Å². The molecule has 1 aliphatic carbocycles. The molecule has 5 rings (SSSR count). The number of fused-ring (bicyclic) bond motifs is 1. The fourth-order valence-corrected chi connectivity index (χ4v) is 5.40. The first kappa shape index (κ1) is 27.4. The molecule has 2 fully saturated rings. The topological polar surface area (TPSA) is 209 Å². The standard InChI is InChI=1S/C24H30N6O8S/c31-11-16-19(32)20(33)24(38-16)30-12-26-18-21(27-14-4-2-1-3-5-14)28-17(29-22(18)30)10-25-23(34)13-6-8-15(9-7-13)39(35,36)37/h6-9,12,14,16,19-20,24,31-33H,1-5,10-11H2,(H,25,34)(H,27,28,29)(H,35,36,37). The van der Waals surface area contributed by atoms with Gasteiger partial charge in [-0.2, -0.15) is 8.42 Å². The number of carbonyl (C=O) groups is 1. The Morgan fingerprint density at radius 3 is 2.44 bits per heavy atom. The van der Waals surface area contributed by atoms with Crippen molar-refractivity contribution in [2.75, 3.05) is 11.9 Å². The molecule has 1 saturated heterocycles. The molecule has 15 heteroatoms. The second-order valence-electron chi connectivity index (χ2n) is 9.70. The summed E-state index contributed by atoms with van der Waals surface area (Å²) in [6.45, 7) is -0.567. The van der Waals surface area contributed by atoms with E-state index < -0.39 is 47.2 Å². The zero-order valence-corrected chi connectivity index (χ0v) is 21.7. The maximum Gasteiger partial charge on any atom is 0.294 e. The minimum atomic E-state index is -4.38. The van der Waals surface area contributed by atoms with Crippen LogP contribution in [0.25, 0.3) is 11.2 Å². The Bertz CT molecular complexity index is 1440. The number of amides is 1. The van der Waals surface area contributed by atoms with Crippen molar-refractivity contribution in [2.24, 2.45) is 0 Å². The third kappa shape index (κ3) is 5.73. The van der Waals surface area contributed by atoms with Crippen LogP contribution in [0.3, 0.4) is 0 Å². The Balaban J connectivity index is 1.43. The van der Waals surface area contributed by atoms with Crippen LogP contribution >= 0.6 is 0 Å². The van der Waals surface area contributed by atoms with Crippen molar-refractivity contribution in [3.63, 3.8) is 0 Å². The van der Waals surface area contributed by atoms with Crippen LogP contribution in [0.4, 0.5) is 5.82 Å². The molecule has 3 aromatic rings. The first-order valence-electron chi connectivity index (χ1n) is 12.6. The number of aliphatic hydroxyl groups is 3. The first-order valence-corrected chi connectivity index (χ1v) is 14.1. The maximum atomic E-state index is 12.7. The van der Waals surface area contributed by atoms with Crippen LogP contribution in [0.1, 0.15) is 54.5 Å². The number of imidazole rings is 1. The van der Waals surface area contributed by atoms with Gasteiger partial charge in [0.05, 0.1) is 24.4 Å². The summed E-state index contributed by atoms with van der Waals surface area (Å²) in [5.74, 6) is 0.177. The van der Waals surface area contributed by atoms with Crippen molar-refractivity contribution < 1.29 is 37.8 Å². The number of carbonyl (C=O) groups excluding carboxylic acids is 1. The number of hydrogen-bond donors (Lipinski definition) is 6. The summed E-state index contributed by atoms with van der Waals surface area (Å²) in [5.41, 5.74) is 0.898. The molecule has 4 atom stereocenters. The van der Waals surface area contributed by atoms with Crippen molar-refractivity contribution in [2.45, 2.75) is 74.1 Å². The second kappa shape index (κ2) is 11.1. The SMILES string of the molecule is O=C(NCc1nc(NC2CCCCC2)c2ncn(C3OC(CO)C(O)C3O)c2n1)c1ccc(S(=O)(=O)O)cc1. The Kier molecular flexibility index (Phi) is 7.80. The summed E-state index contributed by atoms with van der Waals surface area (Å²) < 4.78 is 38.8. The molecule has 1 saturated carbocycles. The molecule has 2 aromatic heterocycles. The number of nitrogens with one attached hydrogen (secondary N) is 2. The van der Waals surface area contributed by atoms with Crippen LogP contribution in [0.2, 0.25) is 0 Å². The van der Waals surface area contributed by atoms with Gasteiger partial charge in [-0.3, -0.25) is 13.9 Å². The molecule has 1 aromatic carbocycles. The van der Waals surface area contributed by atoms with Crippen LogP contribution < -0.4 is 10.6 Å². The Morgan fingerprint density at radius 1 is 1.08 bits per heavy atom. The summed E-state index contributed by atoms with van der Waals surface area (Å²) in [5, 5.41) is 36.4. The molecule has 210 valence electrons. The molecule has 2 aliphatic rings. The molecule has 0 bridgehead atoms. The highest BCUT2D eigenvalue weighted by atomic mass is 32.2. The molecular formula is C24H30N6O8S. The van der Waals surface area contributed by atoms with E-state index in [4.69, 9.17) is 9.29 Å². The lowest BCUT2D eigenvalue weighted by Crippen LogP contribution is -2.33. The molecule has 6 N–H and O–H groups in total. The monoisotopic (exact) mass is 562 g/mol. The minimum absolute atomic E-state index is 0.0880. The van der Waals surface area contributed by atoms with Crippen molar-refractivity contribution in [1.29, 1.82) is 0 Å². The van der Waals surface area contributed by atoms with Gasteiger partial charge < -0.3 is 30.7 Å². The maximum absolute atomic E-state index is 12.7. The number of nitrogens with zero attached hydrogens (tertiary/aromatic N) is 4. The van der Waals surface area contributed by atoms with Crippen molar-refractivity contribution in [3.05, 3.63) is 42.0 Å². The molecule has 1 aliphatic heterocycles. The number of aromatic nitrogens is 4. The average Bonchev–Trinajstić information content (AvgIpc) is 3.47. The molecule has 39 heavy (non-hydrogen) atoms. The predicted molar refractivity (Wildman–Crippen MR) is 136 cm³/mol. The smallest absolute Gasteiger partial charge is 0.294 e. The fraction of sp³-hybridized carbons (Fsp3) is 0.500. The summed E-state index contributed by atoms with van der Waals surface area (Å²) in [7, 11) is -4.38. The van der Waals surface area contributed by atoms with E-state index in [0.717, 1.165) is 37.8 Å². The van der Waals surface area contributed by atoms with Crippen LogP contribution in [0, 0.1) is 0 Å². The summed E-state index contributed by atoms with van der Waals surface area (Å²) in [6, 6.07) is 4.97. The van der Waals surface area contributed by atoms with Crippen LogP contribution in [-0.4, -0.2) is 84.7 Å². The van der Waals surface area contributed by atoms with Gasteiger partial charge in [-0.15, -0.1) is 0 Å². The molecule has 4 unspecified atom stereocenters. The number of rotatable bonds is 8. The lowest BCUT2D eigenvalue weighted by Gasteiger charge is -2.23. The van der Waals surface area contributed by atoms with Gasteiger partial charge in [0, 0.05) is 11.6 Å². The lowest BCUT2D eigenvalue weighted by molar-refractivity contribution is -0.0511. The highest BCUT2D eigenvalue weighted by molar-refractivity contribution is 7.85. The highest BCUT2D eigenvalue weighted by Crippen LogP contribution is 2.33. The van der Waals surface area contributed by atoms with E-state index in [0.29, 0.717) is 17.0 Å². The summed E-state index contributed by atoms with van der Waals surface area (Å²) in [6.07, 6.45) is 2.02.